The van der Waals surface area contributed by atoms with Gasteiger partial charge in [0.05, 0.1) is 6.61 Å². The fourth-order valence-electron chi connectivity index (χ4n) is 4.74. The highest BCUT2D eigenvalue weighted by Crippen LogP contribution is 2.44. The average Bonchev–Trinajstić information content (AvgIpc) is 3.29. The molecule has 2 heterocycles. The monoisotopic (exact) mass is 450 g/mol. The molecule has 0 spiro atoms. The average molecular weight is 451 g/mol. The van der Waals surface area contributed by atoms with Crippen LogP contribution >= 0.6 is 11.6 Å². The van der Waals surface area contributed by atoms with Crippen LogP contribution in [0.1, 0.15) is 30.5 Å². The minimum atomic E-state index is -0.817. The Kier molecular flexibility index (Phi) is 5.82. The lowest BCUT2D eigenvalue weighted by Crippen LogP contribution is -2.39. The van der Waals surface area contributed by atoms with E-state index in [1.807, 2.05) is 68.4 Å². The van der Waals surface area contributed by atoms with Gasteiger partial charge in [0.2, 0.25) is 0 Å². The second kappa shape index (κ2) is 8.62. The van der Waals surface area contributed by atoms with Gasteiger partial charge in [0.15, 0.2) is 11.4 Å². The van der Waals surface area contributed by atoms with Gasteiger partial charge in [0.1, 0.15) is 23.9 Å². The highest BCUT2D eigenvalue weighted by atomic mass is 35.5. The molecule has 32 heavy (non-hydrogen) atoms. The predicted molar refractivity (Wildman–Crippen MR) is 123 cm³/mol. The first-order valence-corrected chi connectivity index (χ1v) is 11.4. The van der Waals surface area contributed by atoms with Crippen LogP contribution in [0.25, 0.3) is 0 Å². The maximum Gasteiger partial charge on any atom is 0.164 e. The SMILES string of the molecule is CC1(C)O[C@@H]2[C@H](O1)[C@H](Cl)O[C@H]2COC(c1ccccc1)(c1ccccc1)c1ccccc1. The Labute approximate surface area is 194 Å². The molecular formula is C27H27ClO4. The van der Waals surface area contributed by atoms with Crippen LogP contribution in [-0.2, 0) is 24.5 Å². The molecule has 4 atom stereocenters. The van der Waals surface area contributed by atoms with Gasteiger partial charge >= 0.3 is 0 Å². The molecule has 3 aromatic rings. The fraction of sp³-hybridized carbons (Fsp3) is 0.333. The number of fused-ring (bicyclic) bond motifs is 1. The van der Waals surface area contributed by atoms with Gasteiger partial charge in [-0.15, -0.1) is 0 Å². The zero-order chi connectivity index (χ0) is 22.2. The van der Waals surface area contributed by atoms with Gasteiger partial charge in [-0.05, 0) is 30.5 Å². The van der Waals surface area contributed by atoms with Crippen LogP contribution in [0.5, 0.6) is 0 Å². The van der Waals surface area contributed by atoms with E-state index in [0.29, 0.717) is 6.61 Å². The van der Waals surface area contributed by atoms with E-state index < -0.39 is 17.0 Å². The molecule has 166 valence electrons. The van der Waals surface area contributed by atoms with Crippen molar-refractivity contribution < 1.29 is 18.9 Å². The summed E-state index contributed by atoms with van der Waals surface area (Å²) in [5, 5.41) is 0. The van der Waals surface area contributed by atoms with E-state index in [2.05, 4.69) is 36.4 Å². The van der Waals surface area contributed by atoms with E-state index >= 15 is 0 Å². The fourth-order valence-corrected chi connectivity index (χ4v) is 5.07. The Balaban J connectivity index is 1.55. The van der Waals surface area contributed by atoms with Gasteiger partial charge in [-0.2, -0.15) is 0 Å². The predicted octanol–water partition coefficient (Wildman–Crippen LogP) is 5.48. The second-order valence-corrected chi connectivity index (χ2v) is 9.11. The number of ether oxygens (including phenoxy) is 4. The van der Waals surface area contributed by atoms with Crippen molar-refractivity contribution in [1.29, 1.82) is 0 Å². The molecule has 0 radical (unpaired) electrons. The molecular weight excluding hydrogens is 424 g/mol. The summed E-state index contributed by atoms with van der Waals surface area (Å²) in [7, 11) is 0. The number of rotatable bonds is 6. The van der Waals surface area contributed by atoms with E-state index in [0.717, 1.165) is 16.7 Å². The number of alkyl halides is 1. The van der Waals surface area contributed by atoms with Crippen molar-refractivity contribution in [2.45, 2.75) is 49.1 Å². The first-order valence-electron chi connectivity index (χ1n) is 11.0. The molecule has 0 unspecified atom stereocenters. The molecule has 0 amide bonds. The Hall–Kier alpha value is -2.21. The van der Waals surface area contributed by atoms with Crippen LogP contribution in [0.4, 0.5) is 0 Å². The standard InChI is InChI=1S/C27H27ClO4/c1-26(2)31-23-22(30-25(28)24(23)32-26)18-29-27(19-12-6-3-7-13-19,20-14-8-4-9-15-20)21-16-10-5-11-17-21/h3-17,22-25H,18H2,1-2H3/t22-,23-,24-,25+/m0/s1. The summed E-state index contributed by atoms with van der Waals surface area (Å²) < 4.78 is 25.0. The van der Waals surface area contributed by atoms with Crippen LogP contribution in [0.3, 0.4) is 0 Å². The molecule has 0 bridgehead atoms. The van der Waals surface area contributed by atoms with Crippen molar-refractivity contribution in [3.63, 3.8) is 0 Å². The Bertz CT molecular complexity index is 929. The Morgan fingerprint density at radius 3 is 1.66 bits per heavy atom. The lowest BCUT2D eigenvalue weighted by atomic mass is 9.80. The third-order valence-corrected chi connectivity index (χ3v) is 6.45. The molecule has 4 nitrogen and oxygen atoms in total. The summed E-state index contributed by atoms with van der Waals surface area (Å²) in [6.45, 7) is 4.09. The molecule has 2 aliphatic rings. The van der Waals surface area contributed by atoms with Gasteiger partial charge in [-0.3, -0.25) is 0 Å². The molecule has 3 aromatic carbocycles. The van der Waals surface area contributed by atoms with Crippen LogP contribution < -0.4 is 0 Å². The molecule has 0 aliphatic carbocycles. The topological polar surface area (TPSA) is 36.9 Å². The summed E-state index contributed by atoms with van der Waals surface area (Å²) in [5.74, 6) is -0.695. The third-order valence-electron chi connectivity index (χ3n) is 6.10. The minimum absolute atomic E-state index is 0.285. The molecule has 0 N–H and O–H groups in total. The van der Waals surface area contributed by atoms with E-state index in [1.54, 1.807) is 0 Å². The highest BCUT2D eigenvalue weighted by molar-refractivity contribution is 6.20. The largest absolute Gasteiger partial charge is 0.358 e. The van der Waals surface area contributed by atoms with Crippen molar-refractivity contribution >= 4 is 11.6 Å². The zero-order valence-corrected chi connectivity index (χ0v) is 18.9. The summed E-state index contributed by atoms with van der Waals surface area (Å²) in [4.78, 5) is 0. The van der Waals surface area contributed by atoms with Gasteiger partial charge in [-0.1, -0.05) is 103 Å². The first kappa shape index (κ1) is 21.6. The lowest BCUT2D eigenvalue weighted by Gasteiger charge is -2.37. The smallest absolute Gasteiger partial charge is 0.164 e. The Morgan fingerprint density at radius 1 is 0.750 bits per heavy atom. The summed E-state index contributed by atoms with van der Waals surface area (Å²) >= 11 is 6.45. The van der Waals surface area contributed by atoms with Crippen LogP contribution in [0, 0.1) is 0 Å². The molecule has 0 aromatic heterocycles. The number of halogens is 1. The third kappa shape index (κ3) is 3.87. The number of benzene rings is 3. The van der Waals surface area contributed by atoms with Gasteiger partial charge in [-0.25, -0.2) is 0 Å². The molecule has 5 heteroatoms. The van der Waals surface area contributed by atoms with Crippen molar-refractivity contribution in [1.82, 2.24) is 0 Å². The minimum Gasteiger partial charge on any atom is -0.358 e. The van der Waals surface area contributed by atoms with Crippen LogP contribution in [-0.4, -0.2) is 36.3 Å². The van der Waals surface area contributed by atoms with E-state index in [4.69, 9.17) is 30.5 Å². The maximum absolute atomic E-state index is 6.88. The number of hydrogen-bond donors (Lipinski definition) is 0. The molecule has 2 saturated heterocycles. The van der Waals surface area contributed by atoms with Gasteiger partial charge < -0.3 is 18.9 Å². The van der Waals surface area contributed by atoms with Crippen molar-refractivity contribution in [2.75, 3.05) is 6.61 Å². The van der Waals surface area contributed by atoms with E-state index in [1.165, 1.54) is 0 Å². The van der Waals surface area contributed by atoms with Crippen LogP contribution in [0.15, 0.2) is 91.0 Å². The Morgan fingerprint density at radius 2 is 1.19 bits per heavy atom. The summed E-state index contributed by atoms with van der Waals surface area (Å²) in [6, 6.07) is 30.8. The normalized spacial score (nSPS) is 26.7. The van der Waals surface area contributed by atoms with Crippen molar-refractivity contribution in [3.05, 3.63) is 108 Å². The van der Waals surface area contributed by atoms with Crippen molar-refractivity contribution in [2.24, 2.45) is 0 Å². The maximum atomic E-state index is 6.88. The molecule has 0 saturated carbocycles. The second-order valence-electron chi connectivity index (χ2n) is 8.68. The van der Waals surface area contributed by atoms with Gasteiger partial charge in [0, 0.05) is 0 Å². The molecule has 2 fully saturated rings. The lowest BCUT2D eigenvalue weighted by molar-refractivity contribution is -0.187. The molecule has 2 aliphatic heterocycles. The van der Waals surface area contributed by atoms with Crippen LogP contribution in [0.2, 0.25) is 0 Å². The summed E-state index contributed by atoms with van der Waals surface area (Å²) in [6.07, 6.45) is -0.952. The summed E-state index contributed by atoms with van der Waals surface area (Å²) in [5.41, 5.74) is 1.73. The number of hydrogen-bond acceptors (Lipinski definition) is 4. The van der Waals surface area contributed by atoms with E-state index in [-0.39, 0.29) is 18.3 Å². The highest BCUT2D eigenvalue weighted by Gasteiger charge is 2.55. The van der Waals surface area contributed by atoms with Crippen molar-refractivity contribution in [3.8, 4) is 0 Å². The molecule has 5 rings (SSSR count). The first-order chi connectivity index (χ1) is 15.5. The van der Waals surface area contributed by atoms with Gasteiger partial charge in [0.25, 0.3) is 0 Å². The quantitative estimate of drug-likeness (QED) is 0.368. The zero-order valence-electron chi connectivity index (χ0n) is 18.2. The van der Waals surface area contributed by atoms with E-state index in [9.17, 15) is 0 Å².